The van der Waals surface area contributed by atoms with Crippen molar-refractivity contribution in [2.75, 3.05) is 0 Å². The van der Waals surface area contributed by atoms with Crippen molar-refractivity contribution in [3.05, 3.63) is 68.4 Å². The third-order valence-corrected chi connectivity index (χ3v) is 4.60. The minimum atomic E-state index is -4.74. The van der Waals surface area contributed by atoms with Crippen molar-refractivity contribution >= 4 is 0 Å². The predicted octanol–water partition coefficient (Wildman–Crippen LogP) is 5.02. The Balaban J connectivity index is 2.26. The largest absolute Gasteiger partial charge is 0.437 e. The van der Waals surface area contributed by atoms with E-state index >= 15 is 0 Å². The van der Waals surface area contributed by atoms with Gasteiger partial charge in [0.2, 0.25) is 5.88 Å². The number of pyridine rings is 1. The second kappa shape index (κ2) is 7.31. The average Bonchev–Trinajstić information content (AvgIpc) is 2.60. The Kier molecular flexibility index (Phi) is 5.16. The summed E-state index contributed by atoms with van der Waals surface area (Å²) in [5, 5.41) is 6.89. The second-order valence-corrected chi connectivity index (χ2v) is 6.66. The maximum Gasteiger partial charge on any atom is 0.435 e. The van der Waals surface area contributed by atoms with Crippen molar-refractivity contribution in [2.24, 2.45) is 0 Å². The summed E-state index contributed by atoms with van der Waals surface area (Å²) in [4.78, 5) is 15.2. The number of rotatable bonds is 3. The van der Waals surface area contributed by atoms with E-state index in [4.69, 9.17) is 4.74 Å². The van der Waals surface area contributed by atoms with E-state index in [0.29, 0.717) is 16.8 Å². The van der Waals surface area contributed by atoms with Crippen LogP contribution in [-0.4, -0.2) is 15.2 Å². The first-order chi connectivity index (χ1) is 13.5. The Morgan fingerprint density at radius 3 is 2.28 bits per heavy atom. The number of hydrogen-bond acceptors (Lipinski definition) is 4. The molecule has 0 fully saturated rings. The van der Waals surface area contributed by atoms with Crippen LogP contribution in [0, 0.1) is 33.5 Å². The molecule has 2 aromatic heterocycles. The van der Waals surface area contributed by atoms with Gasteiger partial charge in [-0.2, -0.15) is 13.2 Å². The van der Waals surface area contributed by atoms with Crippen LogP contribution in [0.5, 0.6) is 11.6 Å². The third-order valence-electron chi connectivity index (χ3n) is 4.60. The Labute approximate surface area is 163 Å². The summed E-state index contributed by atoms with van der Waals surface area (Å²) in [6, 6.07) is 4.91. The van der Waals surface area contributed by atoms with Gasteiger partial charge in [-0.1, -0.05) is 0 Å². The molecule has 0 radical (unpaired) electrons. The number of alkyl halides is 3. The molecule has 0 unspecified atom stereocenters. The molecule has 29 heavy (non-hydrogen) atoms. The maximum atomic E-state index is 13.4. The first kappa shape index (κ1) is 20.5. The molecule has 0 atom stereocenters. The number of H-pyrrole nitrogens is 1. The molecule has 0 saturated heterocycles. The van der Waals surface area contributed by atoms with E-state index in [1.54, 1.807) is 20.8 Å². The highest BCUT2D eigenvalue weighted by molar-refractivity contribution is 5.70. The number of nitrogens with zero attached hydrogens (tertiary/aromatic N) is 2. The third kappa shape index (κ3) is 3.98. The summed E-state index contributed by atoms with van der Waals surface area (Å²) in [5.74, 6) is -0.514. The van der Waals surface area contributed by atoms with Gasteiger partial charge in [-0.15, -0.1) is 10.2 Å². The normalized spacial score (nSPS) is 11.6. The zero-order valence-corrected chi connectivity index (χ0v) is 16.0. The molecule has 0 amide bonds. The van der Waals surface area contributed by atoms with E-state index in [-0.39, 0.29) is 33.9 Å². The Morgan fingerprint density at radius 2 is 1.69 bits per heavy atom. The molecule has 9 heteroatoms. The van der Waals surface area contributed by atoms with Crippen molar-refractivity contribution in [2.45, 2.75) is 33.9 Å². The number of aryl methyl sites for hydroxylation is 2. The van der Waals surface area contributed by atoms with Crippen molar-refractivity contribution in [3.63, 3.8) is 0 Å². The summed E-state index contributed by atoms with van der Waals surface area (Å²) < 4.78 is 59.2. The topological polar surface area (TPSA) is 67.9 Å². The van der Waals surface area contributed by atoms with Gasteiger partial charge in [-0.3, -0.25) is 4.79 Å². The number of halogens is 4. The van der Waals surface area contributed by atoms with Crippen LogP contribution in [0.2, 0.25) is 0 Å². The highest BCUT2D eigenvalue weighted by atomic mass is 19.4. The summed E-state index contributed by atoms with van der Waals surface area (Å²) >= 11 is 0. The number of ether oxygens (including phenoxy) is 1. The van der Waals surface area contributed by atoms with Crippen LogP contribution in [0.25, 0.3) is 11.3 Å². The number of aromatic amines is 1. The number of nitrogens with one attached hydrogen (secondary N) is 1. The lowest BCUT2D eigenvalue weighted by atomic mass is 10.0. The fraction of sp³-hybridized carbons (Fsp3) is 0.250. The highest BCUT2D eigenvalue weighted by Gasteiger charge is 2.37. The number of aromatic nitrogens is 3. The van der Waals surface area contributed by atoms with Crippen LogP contribution in [0.3, 0.4) is 0 Å². The lowest BCUT2D eigenvalue weighted by Gasteiger charge is -2.17. The molecular weight excluding hydrogens is 390 g/mol. The Hall–Kier alpha value is -3.23. The van der Waals surface area contributed by atoms with Gasteiger partial charge < -0.3 is 9.72 Å². The molecule has 0 spiro atoms. The summed E-state index contributed by atoms with van der Waals surface area (Å²) in [5.41, 5.74) is -0.339. The molecule has 1 N–H and O–H groups in total. The first-order valence-electron chi connectivity index (χ1n) is 8.58. The fourth-order valence-corrected chi connectivity index (χ4v) is 2.88. The average molecular weight is 407 g/mol. The zero-order chi connectivity index (χ0) is 21.5. The molecular formula is C20H17F4N3O2. The zero-order valence-electron chi connectivity index (χ0n) is 16.0. The minimum absolute atomic E-state index is 0.0451. The lowest BCUT2D eigenvalue weighted by molar-refractivity contribution is -0.142. The molecule has 5 nitrogen and oxygen atoms in total. The summed E-state index contributed by atoms with van der Waals surface area (Å²) in [7, 11) is 0. The molecule has 3 rings (SSSR count). The van der Waals surface area contributed by atoms with Gasteiger partial charge in [0.1, 0.15) is 11.6 Å². The van der Waals surface area contributed by atoms with Gasteiger partial charge >= 0.3 is 6.18 Å². The van der Waals surface area contributed by atoms with E-state index in [9.17, 15) is 22.4 Å². The van der Waals surface area contributed by atoms with Crippen LogP contribution < -0.4 is 10.2 Å². The molecule has 0 saturated carbocycles. The van der Waals surface area contributed by atoms with E-state index in [0.717, 1.165) is 6.07 Å². The molecule has 0 aliphatic heterocycles. The molecule has 0 aliphatic rings. The minimum Gasteiger partial charge on any atom is -0.437 e. The van der Waals surface area contributed by atoms with Crippen molar-refractivity contribution in [1.29, 1.82) is 0 Å². The number of hydrogen-bond donors (Lipinski definition) is 1. The SMILES string of the molecule is Cc1cc(F)ccc1Oc1nnc(C(F)(F)F)c(C)c1-c1cc(=O)c(C)c(C)[nH]1. The smallest absolute Gasteiger partial charge is 0.435 e. The fourth-order valence-electron chi connectivity index (χ4n) is 2.88. The Morgan fingerprint density at radius 1 is 1.00 bits per heavy atom. The van der Waals surface area contributed by atoms with Crippen molar-refractivity contribution in [3.8, 4) is 22.9 Å². The molecule has 0 aliphatic carbocycles. The molecule has 1 aromatic carbocycles. The monoisotopic (exact) mass is 407 g/mol. The van der Waals surface area contributed by atoms with Crippen molar-refractivity contribution in [1.82, 2.24) is 15.2 Å². The van der Waals surface area contributed by atoms with Gasteiger partial charge in [-0.05, 0) is 57.0 Å². The highest BCUT2D eigenvalue weighted by Crippen LogP contribution is 2.39. The maximum absolute atomic E-state index is 13.4. The van der Waals surface area contributed by atoms with Crippen LogP contribution in [0.15, 0.2) is 29.1 Å². The van der Waals surface area contributed by atoms with E-state index in [1.807, 2.05) is 0 Å². The van der Waals surface area contributed by atoms with Gasteiger partial charge in [0.15, 0.2) is 11.1 Å². The quantitative estimate of drug-likeness (QED) is 0.620. The predicted molar refractivity (Wildman–Crippen MR) is 98.5 cm³/mol. The van der Waals surface area contributed by atoms with Crippen molar-refractivity contribution < 1.29 is 22.3 Å². The van der Waals surface area contributed by atoms with E-state index in [2.05, 4.69) is 15.2 Å². The molecule has 0 bridgehead atoms. The van der Waals surface area contributed by atoms with Crippen LogP contribution >= 0.6 is 0 Å². The van der Waals surface area contributed by atoms with E-state index < -0.39 is 17.7 Å². The van der Waals surface area contributed by atoms with Crippen LogP contribution in [0.4, 0.5) is 17.6 Å². The Bertz CT molecular complexity index is 1150. The van der Waals surface area contributed by atoms with Gasteiger partial charge in [0, 0.05) is 17.3 Å². The lowest BCUT2D eigenvalue weighted by Crippen LogP contribution is -2.15. The summed E-state index contributed by atoms with van der Waals surface area (Å²) in [6.07, 6.45) is -4.74. The molecule has 2 heterocycles. The molecule has 3 aromatic rings. The number of benzene rings is 1. The standard InChI is InChI=1S/C20H17F4N3O2/c1-9-7-13(21)5-6-16(9)29-19-17(11(3)18(26-27-19)20(22,23)24)14-8-15(28)10(2)12(4)25-14/h5-8H,1-4H3,(H,25,28). The van der Waals surface area contributed by atoms with Gasteiger partial charge in [-0.25, -0.2) is 4.39 Å². The van der Waals surface area contributed by atoms with E-state index in [1.165, 1.54) is 25.1 Å². The summed E-state index contributed by atoms with van der Waals surface area (Å²) in [6.45, 7) is 6.06. The second-order valence-electron chi connectivity index (χ2n) is 6.66. The van der Waals surface area contributed by atoms with Crippen LogP contribution in [-0.2, 0) is 6.18 Å². The van der Waals surface area contributed by atoms with Gasteiger partial charge in [0.05, 0.1) is 11.3 Å². The first-order valence-corrected chi connectivity index (χ1v) is 8.58. The van der Waals surface area contributed by atoms with Gasteiger partial charge in [0.25, 0.3) is 0 Å². The molecule has 152 valence electrons. The van der Waals surface area contributed by atoms with Crippen LogP contribution in [0.1, 0.15) is 28.1 Å².